The highest BCUT2D eigenvalue weighted by atomic mass is 16.5. The van der Waals surface area contributed by atoms with Gasteiger partial charge in [-0.25, -0.2) is 0 Å². The van der Waals surface area contributed by atoms with Crippen molar-refractivity contribution in [2.45, 2.75) is 32.5 Å². The number of pyridine rings is 1. The predicted octanol–water partition coefficient (Wildman–Crippen LogP) is 1.41. The first-order valence-electron chi connectivity index (χ1n) is 6.72. The van der Waals surface area contributed by atoms with E-state index in [0.29, 0.717) is 6.04 Å². The third kappa shape index (κ3) is 3.77. The number of nitrogens with zero attached hydrogens (tertiary/aromatic N) is 2. The molecule has 0 aromatic carbocycles. The van der Waals surface area contributed by atoms with E-state index < -0.39 is 0 Å². The van der Waals surface area contributed by atoms with Crippen molar-refractivity contribution in [2.75, 3.05) is 26.8 Å². The lowest BCUT2D eigenvalue weighted by Crippen LogP contribution is -2.31. The Hall–Kier alpha value is -0.970. The summed E-state index contributed by atoms with van der Waals surface area (Å²) in [4.78, 5) is 6.85. The molecule has 1 unspecified atom stereocenters. The van der Waals surface area contributed by atoms with Crippen LogP contribution in [0.4, 0.5) is 0 Å². The summed E-state index contributed by atoms with van der Waals surface area (Å²) in [6, 6.07) is 4.83. The Bertz CT molecular complexity index is 347. The number of likely N-dealkylation sites (N-methyl/N-ethyl adjacent to an activating group) is 1. The molecule has 1 N–H and O–H groups in total. The molecule has 0 bridgehead atoms. The van der Waals surface area contributed by atoms with E-state index in [9.17, 15) is 0 Å². The summed E-state index contributed by atoms with van der Waals surface area (Å²) in [7, 11) is 2.15. The molecule has 0 aliphatic carbocycles. The van der Waals surface area contributed by atoms with Gasteiger partial charge in [-0.05, 0) is 31.6 Å². The van der Waals surface area contributed by atoms with Crippen molar-refractivity contribution in [3.63, 3.8) is 0 Å². The topological polar surface area (TPSA) is 37.4 Å². The van der Waals surface area contributed by atoms with Crippen LogP contribution in [0.5, 0.6) is 0 Å². The van der Waals surface area contributed by atoms with Gasteiger partial charge in [0.05, 0.1) is 12.3 Å². The van der Waals surface area contributed by atoms with Crippen molar-refractivity contribution in [1.29, 1.82) is 0 Å². The molecule has 1 fully saturated rings. The number of hydrogen-bond donors (Lipinski definition) is 1. The van der Waals surface area contributed by atoms with Gasteiger partial charge in [0.15, 0.2) is 0 Å². The van der Waals surface area contributed by atoms with Crippen LogP contribution in [0.1, 0.15) is 24.6 Å². The minimum absolute atomic E-state index is 0.549. The van der Waals surface area contributed by atoms with E-state index in [2.05, 4.69) is 41.3 Å². The van der Waals surface area contributed by atoms with Crippen molar-refractivity contribution in [3.05, 3.63) is 29.6 Å². The molecular weight excluding hydrogens is 226 g/mol. The summed E-state index contributed by atoms with van der Waals surface area (Å²) in [5, 5.41) is 3.30. The summed E-state index contributed by atoms with van der Waals surface area (Å²) in [6.07, 6.45) is 3.10. The summed E-state index contributed by atoms with van der Waals surface area (Å²) in [5.74, 6) is 0. The fourth-order valence-electron chi connectivity index (χ4n) is 2.18. The molecule has 0 spiro atoms. The van der Waals surface area contributed by atoms with Crippen LogP contribution < -0.4 is 5.32 Å². The Balaban J connectivity index is 1.85. The van der Waals surface area contributed by atoms with E-state index in [1.807, 2.05) is 6.20 Å². The van der Waals surface area contributed by atoms with Crippen LogP contribution in [-0.2, 0) is 17.8 Å². The highest BCUT2D eigenvalue weighted by molar-refractivity contribution is 5.14. The first-order valence-corrected chi connectivity index (χ1v) is 6.72. The highest BCUT2D eigenvalue weighted by Crippen LogP contribution is 2.13. The molecule has 0 radical (unpaired) electrons. The molecule has 1 aliphatic heterocycles. The largest absolute Gasteiger partial charge is 0.380 e. The summed E-state index contributed by atoms with van der Waals surface area (Å²) in [6.45, 7) is 6.65. The monoisotopic (exact) mass is 249 g/mol. The molecule has 1 aromatic rings. The van der Waals surface area contributed by atoms with Gasteiger partial charge >= 0.3 is 0 Å². The van der Waals surface area contributed by atoms with Crippen molar-refractivity contribution >= 4 is 0 Å². The van der Waals surface area contributed by atoms with Gasteiger partial charge in [0.25, 0.3) is 0 Å². The maximum absolute atomic E-state index is 5.41. The minimum Gasteiger partial charge on any atom is -0.380 e. The lowest BCUT2D eigenvalue weighted by Gasteiger charge is -2.22. The van der Waals surface area contributed by atoms with Gasteiger partial charge in [-0.1, -0.05) is 13.0 Å². The summed E-state index contributed by atoms with van der Waals surface area (Å²) in [5.41, 5.74) is 2.37. The third-order valence-corrected chi connectivity index (χ3v) is 3.41. The molecule has 1 aromatic heterocycles. The van der Waals surface area contributed by atoms with Gasteiger partial charge in [-0.15, -0.1) is 0 Å². The SMILES string of the molecule is CCNCc1ccc(CN(C)C2CCOC2)nc1. The molecule has 0 amide bonds. The molecule has 2 rings (SSSR count). The first kappa shape index (κ1) is 13.5. The summed E-state index contributed by atoms with van der Waals surface area (Å²) >= 11 is 0. The minimum atomic E-state index is 0.549. The van der Waals surface area contributed by atoms with Gasteiger partial charge < -0.3 is 10.1 Å². The van der Waals surface area contributed by atoms with Gasteiger partial charge in [-0.2, -0.15) is 0 Å². The number of hydrogen-bond acceptors (Lipinski definition) is 4. The standard InChI is InChI=1S/C14H23N3O/c1-3-15-8-12-4-5-13(16-9-12)10-17(2)14-6-7-18-11-14/h4-5,9,14-15H,3,6-8,10-11H2,1-2H3. The van der Waals surface area contributed by atoms with Crippen molar-refractivity contribution in [3.8, 4) is 0 Å². The zero-order valence-corrected chi connectivity index (χ0v) is 11.4. The zero-order chi connectivity index (χ0) is 12.8. The van der Waals surface area contributed by atoms with Crippen molar-refractivity contribution in [2.24, 2.45) is 0 Å². The Morgan fingerprint density at radius 3 is 3.00 bits per heavy atom. The normalized spacial score (nSPS) is 19.6. The van der Waals surface area contributed by atoms with Gasteiger partial charge in [-0.3, -0.25) is 9.88 Å². The van der Waals surface area contributed by atoms with E-state index >= 15 is 0 Å². The lowest BCUT2D eigenvalue weighted by molar-refractivity contribution is 0.155. The second kappa shape index (κ2) is 6.83. The van der Waals surface area contributed by atoms with E-state index in [-0.39, 0.29) is 0 Å². The second-order valence-electron chi connectivity index (χ2n) is 4.87. The fraction of sp³-hybridized carbons (Fsp3) is 0.643. The number of nitrogens with one attached hydrogen (secondary N) is 1. The van der Waals surface area contributed by atoms with E-state index in [4.69, 9.17) is 4.74 Å². The molecule has 1 saturated heterocycles. The van der Waals surface area contributed by atoms with E-state index in [0.717, 1.165) is 45.0 Å². The van der Waals surface area contributed by atoms with Crippen LogP contribution in [0.15, 0.2) is 18.3 Å². The Morgan fingerprint density at radius 1 is 1.50 bits per heavy atom. The molecule has 2 heterocycles. The van der Waals surface area contributed by atoms with Gasteiger partial charge in [0.1, 0.15) is 0 Å². The van der Waals surface area contributed by atoms with Crippen LogP contribution in [0.3, 0.4) is 0 Å². The van der Waals surface area contributed by atoms with Crippen LogP contribution in [0, 0.1) is 0 Å². The maximum atomic E-state index is 5.41. The third-order valence-electron chi connectivity index (χ3n) is 3.41. The highest BCUT2D eigenvalue weighted by Gasteiger charge is 2.20. The fourth-order valence-corrected chi connectivity index (χ4v) is 2.18. The first-order chi connectivity index (χ1) is 8.79. The van der Waals surface area contributed by atoms with Crippen LogP contribution in [0.25, 0.3) is 0 Å². The van der Waals surface area contributed by atoms with Crippen molar-refractivity contribution < 1.29 is 4.74 Å². The Morgan fingerprint density at radius 2 is 2.39 bits per heavy atom. The quantitative estimate of drug-likeness (QED) is 0.827. The molecule has 1 atom stereocenters. The van der Waals surface area contributed by atoms with Crippen LogP contribution in [0.2, 0.25) is 0 Å². The van der Waals surface area contributed by atoms with Crippen LogP contribution >= 0.6 is 0 Å². The van der Waals surface area contributed by atoms with E-state index in [1.165, 1.54) is 5.56 Å². The summed E-state index contributed by atoms with van der Waals surface area (Å²) < 4.78 is 5.41. The molecule has 1 aliphatic rings. The predicted molar refractivity (Wildman–Crippen MR) is 72.3 cm³/mol. The van der Waals surface area contributed by atoms with Crippen molar-refractivity contribution in [1.82, 2.24) is 15.2 Å². The molecule has 18 heavy (non-hydrogen) atoms. The number of rotatable bonds is 6. The number of aromatic nitrogens is 1. The molecular formula is C14H23N3O. The molecule has 4 heteroatoms. The average Bonchev–Trinajstić information content (AvgIpc) is 2.92. The molecule has 4 nitrogen and oxygen atoms in total. The van der Waals surface area contributed by atoms with Gasteiger partial charge in [0, 0.05) is 31.9 Å². The number of ether oxygens (including phenoxy) is 1. The van der Waals surface area contributed by atoms with E-state index in [1.54, 1.807) is 0 Å². The smallest absolute Gasteiger partial charge is 0.0622 e. The van der Waals surface area contributed by atoms with Crippen LogP contribution in [-0.4, -0.2) is 42.7 Å². The average molecular weight is 249 g/mol. The maximum Gasteiger partial charge on any atom is 0.0622 e. The molecule has 100 valence electrons. The Kier molecular flexibility index (Phi) is 5.11. The lowest BCUT2D eigenvalue weighted by atomic mass is 10.2. The zero-order valence-electron chi connectivity index (χ0n) is 11.4. The second-order valence-corrected chi connectivity index (χ2v) is 4.87. The van der Waals surface area contributed by atoms with Gasteiger partial charge in [0.2, 0.25) is 0 Å². The Labute approximate surface area is 109 Å². The molecule has 0 saturated carbocycles.